The van der Waals surface area contributed by atoms with Crippen LogP contribution in [0.25, 0.3) is 0 Å². The van der Waals surface area contributed by atoms with Crippen molar-refractivity contribution in [2.75, 3.05) is 19.6 Å². The number of hydrogen-bond donors (Lipinski definition) is 0. The second-order valence-electron chi connectivity index (χ2n) is 7.08. The van der Waals surface area contributed by atoms with Gasteiger partial charge in [-0.3, -0.25) is 9.78 Å². The molecule has 2 aliphatic rings. The van der Waals surface area contributed by atoms with E-state index in [1.54, 1.807) is 30.5 Å². The minimum absolute atomic E-state index is 0.0270. The number of amides is 1. The Hall–Kier alpha value is -2.25. The summed E-state index contributed by atoms with van der Waals surface area (Å²) in [7, 11) is -3.45. The van der Waals surface area contributed by atoms with Crippen LogP contribution < -0.4 is 0 Å². The van der Waals surface area contributed by atoms with E-state index in [0.29, 0.717) is 25.2 Å². The van der Waals surface area contributed by atoms with Gasteiger partial charge in [0.2, 0.25) is 10.0 Å². The molecule has 4 rings (SSSR count). The summed E-state index contributed by atoms with van der Waals surface area (Å²) in [6.07, 6.45) is 7.21. The quantitative estimate of drug-likeness (QED) is 0.811. The normalized spacial score (nSPS) is 20.9. The average Bonchev–Trinajstić information content (AvgIpc) is 3.40. The Morgan fingerprint density at radius 3 is 2.41 bits per heavy atom. The third-order valence-corrected chi connectivity index (χ3v) is 7.30. The van der Waals surface area contributed by atoms with Crippen molar-refractivity contribution in [1.82, 2.24) is 14.2 Å². The van der Waals surface area contributed by atoms with Crippen LogP contribution in [0, 0.1) is 0 Å². The van der Waals surface area contributed by atoms with Gasteiger partial charge in [0.1, 0.15) is 0 Å². The zero-order valence-electron chi connectivity index (χ0n) is 15.1. The number of hydrogen-bond acceptors (Lipinski definition) is 4. The van der Waals surface area contributed by atoms with E-state index < -0.39 is 10.0 Å². The Labute approximate surface area is 159 Å². The fourth-order valence-corrected chi connectivity index (χ4v) is 5.46. The average molecular weight is 385 g/mol. The molecular weight excluding hydrogens is 362 g/mol. The molecule has 0 N–H and O–H groups in total. The molecular formula is C20H23N3O3S. The van der Waals surface area contributed by atoms with Gasteiger partial charge in [-0.25, -0.2) is 8.42 Å². The lowest BCUT2D eigenvalue weighted by Gasteiger charge is -2.25. The maximum absolute atomic E-state index is 13.0. The molecule has 0 unspecified atom stereocenters. The molecule has 2 aliphatic heterocycles. The van der Waals surface area contributed by atoms with Gasteiger partial charge in [0.05, 0.1) is 10.9 Å². The van der Waals surface area contributed by atoms with Crippen molar-refractivity contribution in [3.8, 4) is 0 Å². The third-order valence-electron chi connectivity index (χ3n) is 5.39. The smallest absolute Gasteiger partial charge is 0.254 e. The minimum Gasteiger partial charge on any atom is -0.332 e. The maximum Gasteiger partial charge on any atom is 0.254 e. The first-order chi connectivity index (χ1) is 13.1. The lowest BCUT2D eigenvalue weighted by atomic mass is 10.1. The van der Waals surface area contributed by atoms with E-state index >= 15 is 0 Å². The van der Waals surface area contributed by atoms with Crippen LogP contribution in [0.1, 0.15) is 47.6 Å². The second-order valence-corrected chi connectivity index (χ2v) is 9.02. The molecule has 0 saturated carbocycles. The van der Waals surface area contributed by atoms with E-state index in [-0.39, 0.29) is 16.8 Å². The molecule has 1 aromatic heterocycles. The first kappa shape index (κ1) is 18.1. The fourth-order valence-electron chi connectivity index (χ4n) is 3.94. The Bertz CT molecular complexity index is 907. The van der Waals surface area contributed by atoms with Crippen LogP contribution in [-0.4, -0.2) is 48.1 Å². The number of likely N-dealkylation sites (tertiary alicyclic amines) is 1. The molecule has 6 nitrogen and oxygen atoms in total. The lowest BCUT2D eigenvalue weighted by Crippen LogP contribution is -2.31. The van der Waals surface area contributed by atoms with Gasteiger partial charge in [-0.1, -0.05) is 6.07 Å². The van der Waals surface area contributed by atoms with Crippen molar-refractivity contribution in [3.05, 3.63) is 59.9 Å². The Kier molecular flexibility index (Phi) is 4.97. The Balaban J connectivity index is 1.54. The summed E-state index contributed by atoms with van der Waals surface area (Å²) in [6.45, 7) is 1.85. The van der Waals surface area contributed by atoms with Gasteiger partial charge < -0.3 is 4.90 Å². The van der Waals surface area contributed by atoms with Crippen LogP contribution in [0.15, 0.2) is 53.7 Å². The van der Waals surface area contributed by atoms with Crippen molar-refractivity contribution < 1.29 is 13.2 Å². The third kappa shape index (κ3) is 3.49. The lowest BCUT2D eigenvalue weighted by molar-refractivity contribution is 0.0735. The summed E-state index contributed by atoms with van der Waals surface area (Å²) < 4.78 is 26.8. The van der Waals surface area contributed by atoms with Gasteiger partial charge in [-0.05, 0) is 61.6 Å². The first-order valence-corrected chi connectivity index (χ1v) is 10.8. The van der Waals surface area contributed by atoms with Crippen molar-refractivity contribution in [1.29, 1.82) is 0 Å². The van der Waals surface area contributed by atoms with Crippen LogP contribution in [0.3, 0.4) is 0 Å². The SMILES string of the molecule is O=C(c1ccc(S(=O)(=O)N2CCCC2)cc1)N1CCC[C@H]1c1cccnc1. The summed E-state index contributed by atoms with van der Waals surface area (Å²) >= 11 is 0. The van der Waals surface area contributed by atoms with Crippen molar-refractivity contribution >= 4 is 15.9 Å². The van der Waals surface area contributed by atoms with E-state index in [1.807, 2.05) is 23.2 Å². The summed E-state index contributed by atoms with van der Waals surface area (Å²) in [4.78, 5) is 19.3. The number of carbonyl (C=O) groups is 1. The summed E-state index contributed by atoms with van der Waals surface area (Å²) in [5.41, 5.74) is 1.56. The molecule has 7 heteroatoms. The topological polar surface area (TPSA) is 70.6 Å². The van der Waals surface area contributed by atoms with Crippen molar-refractivity contribution in [3.63, 3.8) is 0 Å². The van der Waals surface area contributed by atoms with Gasteiger partial charge in [0.15, 0.2) is 0 Å². The Morgan fingerprint density at radius 2 is 1.74 bits per heavy atom. The van der Waals surface area contributed by atoms with Crippen LogP contribution >= 0.6 is 0 Å². The monoisotopic (exact) mass is 385 g/mol. The van der Waals surface area contributed by atoms with Crippen molar-refractivity contribution in [2.45, 2.75) is 36.6 Å². The number of sulfonamides is 1. The number of carbonyl (C=O) groups excluding carboxylic acids is 1. The van der Waals surface area contributed by atoms with Crippen LogP contribution in [0.5, 0.6) is 0 Å². The fraction of sp³-hybridized carbons (Fsp3) is 0.400. The molecule has 142 valence electrons. The van der Waals surface area contributed by atoms with E-state index in [9.17, 15) is 13.2 Å². The zero-order chi connectivity index (χ0) is 18.9. The molecule has 0 radical (unpaired) electrons. The molecule has 0 aliphatic carbocycles. The predicted molar refractivity (Wildman–Crippen MR) is 102 cm³/mol. The standard InChI is InChI=1S/C20H23N3O3S/c24-20(23-14-4-6-19(23)17-5-3-11-21-15-17)16-7-9-18(10-8-16)27(25,26)22-12-1-2-13-22/h3,5,7-11,15,19H,1-2,4,6,12-14H2/t19-/m0/s1. The van der Waals surface area contributed by atoms with E-state index in [1.165, 1.54) is 4.31 Å². The molecule has 2 aromatic rings. The second kappa shape index (κ2) is 7.40. The van der Waals surface area contributed by atoms with Crippen LogP contribution in [0.2, 0.25) is 0 Å². The van der Waals surface area contributed by atoms with E-state index in [4.69, 9.17) is 0 Å². The molecule has 1 aromatic carbocycles. The number of nitrogens with zero attached hydrogens (tertiary/aromatic N) is 3. The predicted octanol–water partition coefficient (Wildman–Crippen LogP) is 2.84. The molecule has 3 heterocycles. The van der Waals surface area contributed by atoms with Crippen LogP contribution in [0.4, 0.5) is 0 Å². The largest absolute Gasteiger partial charge is 0.332 e. The summed E-state index contributed by atoms with van der Waals surface area (Å²) in [5.74, 6) is -0.0635. The van der Waals surface area contributed by atoms with Gasteiger partial charge in [0.25, 0.3) is 5.91 Å². The molecule has 2 saturated heterocycles. The molecule has 0 spiro atoms. The number of aromatic nitrogens is 1. The molecule has 2 fully saturated rings. The summed E-state index contributed by atoms with van der Waals surface area (Å²) in [6, 6.07) is 10.3. The molecule has 1 atom stereocenters. The highest BCUT2D eigenvalue weighted by molar-refractivity contribution is 7.89. The zero-order valence-corrected chi connectivity index (χ0v) is 15.9. The molecule has 1 amide bonds. The van der Waals surface area contributed by atoms with Gasteiger partial charge >= 0.3 is 0 Å². The van der Waals surface area contributed by atoms with E-state index in [0.717, 1.165) is 31.2 Å². The van der Waals surface area contributed by atoms with Gasteiger partial charge in [-0.2, -0.15) is 4.31 Å². The number of pyridine rings is 1. The van der Waals surface area contributed by atoms with Crippen LogP contribution in [-0.2, 0) is 10.0 Å². The number of rotatable bonds is 4. The highest BCUT2D eigenvalue weighted by Crippen LogP contribution is 2.33. The Morgan fingerprint density at radius 1 is 1.00 bits per heavy atom. The molecule has 0 bridgehead atoms. The van der Waals surface area contributed by atoms with Crippen molar-refractivity contribution in [2.24, 2.45) is 0 Å². The van der Waals surface area contributed by atoms with Gasteiger partial charge in [-0.15, -0.1) is 0 Å². The number of benzene rings is 1. The van der Waals surface area contributed by atoms with E-state index in [2.05, 4.69) is 4.98 Å². The maximum atomic E-state index is 13.0. The summed E-state index contributed by atoms with van der Waals surface area (Å²) in [5, 5.41) is 0. The first-order valence-electron chi connectivity index (χ1n) is 9.38. The highest BCUT2D eigenvalue weighted by Gasteiger charge is 2.31. The minimum atomic E-state index is -3.45. The highest BCUT2D eigenvalue weighted by atomic mass is 32.2. The molecule has 27 heavy (non-hydrogen) atoms. The van der Waals surface area contributed by atoms with Gasteiger partial charge in [0, 0.05) is 37.6 Å².